The Labute approximate surface area is 131 Å². The van der Waals surface area contributed by atoms with Crippen LogP contribution in [0.1, 0.15) is 38.8 Å². The van der Waals surface area contributed by atoms with Gasteiger partial charge in [-0.3, -0.25) is 0 Å². The maximum absolute atomic E-state index is 6.42. The van der Waals surface area contributed by atoms with Crippen molar-refractivity contribution in [2.75, 3.05) is 19.8 Å². The average molecular weight is 314 g/mol. The van der Waals surface area contributed by atoms with E-state index in [0.29, 0.717) is 29.7 Å². The molecule has 0 bridgehead atoms. The van der Waals surface area contributed by atoms with Crippen LogP contribution in [0.2, 0.25) is 5.02 Å². The summed E-state index contributed by atoms with van der Waals surface area (Å²) >= 11 is 6.40. The summed E-state index contributed by atoms with van der Waals surface area (Å²) in [5.74, 6) is 1.63. The topological polar surface area (TPSA) is 53.7 Å². The van der Waals surface area contributed by atoms with Crippen molar-refractivity contribution in [1.82, 2.24) is 0 Å². The molecule has 21 heavy (non-hydrogen) atoms. The zero-order valence-corrected chi connectivity index (χ0v) is 13.7. The number of halogens is 1. The van der Waals surface area contributed by atoms with Crippen LogP contribution < -0.4 is 15.2 Å². The summed E-state index contributed by atoms with van der Waals surface area (Å²) in [5.41, 5.74) is 7.31. The van der Waals surface area contributed by atoms with Crippen molar-refractivity contribution in [2.45, 2.75) is 39.3 Å². The van der Waals surface area contributed by atoms with Crippen molar-refractivity contribution >= 4 is 11.6 Å². The summed E-state index contributed by atoms with van der Waals surface area (Å²) in [6.07, 6.45) is 1.11. The molecule has 1 heterocycles. The summed E-state index contributed by atoms with van der Waals surface area (Å²) in [6, 6.07) is 3.54. The Morgan fingerprint density at radius 2 is 1.90 bits per heavy atom. The predicted molar refractivity (Wildman–Crippen MR) is 84.2 cm³/mol. The monoisotopic (exact) mass is 313 g/mol. The van der Waals surface area contributed by atoms with Crippen LogP contribution in [0.3, 0.4) is 0 Å². The normalized spacial score (nSPS) is 23.1. The standard InChI is InChI=1S/C16H24ClNO3/c1-4-19-14-8-12(13(17)9-15(14)20-5-2)16(18)11-6-7-21-10(11)3/h8-11,16H,4-7,18H2,1-3H3. The number of ether oxygens (including phenoxy) is 3. The second-order valence-electron chi connectivity index (χ2n) is 5.24. The first kappa shape index (κ1) is 16.4. The van der Waals surface area contributed by atoms with Gasteiger partial charge in [0, 0.05) is 29.7 Å². The van der Waals surface area contributed by atoms with Gasteiger partial charge in [0.15, 0.2) is 11.5 Å². The van der Waals surface area contributed by atoms with Gasteiger partial charge in [-0.25, -0.2) is 0 Å². The lowest BCUT2D eigenvalue weighted by molar-refractivity contribution is 0.0994. The number of hydrogen-bond acceptors (Lipinski definition) is 4. The summed E-state index contributed by atoms with van der Waals surface area (Å²) in [7, 11) is 0. The molecule has 0 radical (unpaired) electrons. The fourth-order valence-corrected chi connectivity index (χ4v) is 3.07. The lowest BCUT2D eigenvalue weighted by Gasteiger charge is -2.24. The van der Waals surface area contributed by atoms with Gasteiger partial charge in [-0.2, -0.15) is 0 Å². The van der Waals surface area contributed by atoms with Gasteiger partial charge in [0.2, 0.25) is 0 Å². The van der Waals surface area contributed by atoms with Gasteiger partial charge >= 0.3 is 0 Å². The molecular weight excluding hydrogens is 290 g/mol. The second kappa shape index (κ2) is 7.34. The third-order valence-electron chi connectivity index (χ3n) is 3.92. The Balaban J connectivity index is 2.31. The van der Waals surface area contributed by atoms with E-state index in [0.717, 1.165) is 18.6 Å². The Hall–Kier alpha value is -0.970. The minimum atomic E-state index is -0.162. The molecule has 0 saturated carbocycles. The zero-order valence-electron chi connectivity index (χ0n) is 12.9. The molecule has 3 atom stereocenters. The van der Waals surface area contributed by atoms with Crippen LogP contribution in [0.5, 0.6) is 11.5 Å². The van der Waals surface area contributed by atoms with Crippen LogP contribution in [0.25, 0.3) is 0 Å². The van der Waals surface area contributed by atoms with E-state index in [1.54, 1.807) is 6.07 Å². The summed E-state index contributed by atoms with van der Waals surface area (Å²) in [5, 5.41) is 0.619. The molecule has 1 aliphatic rings. The number of hydrogen-bond donors (Lipinski definition) is 1. The fourth-order valence-electron chi connectivity index (χ4n) is 2.79. The lowest BCUT2D eigenvalue weighted by atomic mass is 9.89. The highest BCUT2D eigenvalue weighted by Crippen LogP contribution is 2.40. The van der Waals surface area contributed by atoms with E-state index < -0.39 is 0 Å². The maximum atomic E-state index is 6.42. The van der Waals surface area contributed by atoms with E-state index in [1.807, 2.05) is 19.9 Å². The molecule has 4 nitrogen and oxygen atoms in total. The fraction of sp³-hybridized carbons (Fsp3) is 0.625. The van der Waals surface area contributed by atoms with E-state index in [1.165, 1.54) is 0 Å². The molecule has 1 aromatic rings. The largest absolute Gasteiger partial charge is 0.490 e. The third kappa shape index (κ3) is 3.62. The third-order valence-corrected chi connectivity index (χ3v) is 4.25. The predicted octanol–water partition coefficient (Wildman–Crippen LogP) is 3.56. The first-order chi connectivity index (χ1) is 10.1. The van der Waals surface area contributed by atoms with Crippen molar-refractivity contribution in [1.29, 1.82) is 0 Å². The van der Waals surface area contributed by atoms with Gasteiger partial charge in [0.05, 0.1) is 19.3 Å². The molecule has 0 amide bonds. The van der Waals surface area contributed by atoms with E-state index in [4.69, 9.17) is 31.5 Å². The first-order valence-corrected chi connectivity index (χ1v) is 7.92. The van der Waals surface area contributed by atoms with Gasteiger partial charge in [0.1, 0.15) is 0 Å². The number of rotatable bonds is 6. The molecule has 1 aromatic carbocycles. The molecule has 1 fully saturated rings. The van der Waals surface area contributed by atoms with Crippen molar-refractivity contribution in [3.63, 3.8) is 0 Å². The molecule has 2 rings (SSSR count). The molecule has 1 aliphatic heterocycles. The van der Waals surface area contributed by atoms with Crippen molar-refractivity contribution in [2.24, 2.45) is 11.7 Å². The van der Waals surface area contributed by atoms with E-state index in [-0.39, 0.29) is 18.1 Å². The summed E-state index contributed by atoms with van der Waals surface area (Å²) in [4.78, 5) is 0. The molecule has 3 unspecified atom stereocenters. The molecule has 2 N–H and O–H groups in total. The van der Waals surface area contributed by atoms with E-state index in [2.05, 4.69) is 6.92 Å². The number of nitrogens with two attached hydrogens (primary N) is 1. The van der Waals surface area contributed by atoms with Crippen molar-refractivity contribution < 1.29 is 14.2 Å². The highest BCUT2D eigenvalue weighted by atomic mass is 35.5. The minimum absolute atomic E-state index is 0.151. The van der Waals surface area contributed by atoms with Gasteiger partial charge < -0.3 is 19.9 Å². The second-order valence-corrected chi connectivity index (χ2v) is 5.65. The molecule has 0 aliphatic carbocycles. The maximum Gasteiger partial charge on any atom is 0.162 e. The number of benzene rings is 1. The SMILES string of the molecule is CCOc1cc(Cl)c(C(N)C2CCOC2C)cc1OCC. The average Bonchev–Trinajstić information content (AvgIpc) is 2.87. The van der Waals surface area contributed by atoms with Crippen LogP contribution in [0.4, 0.5) is 0 Å². The molecule has 5 heteroatoms. The van der Waals surface area contributed by atoms with Gasteiger partial charge in [0.25, 0.3) is 0 Å². The summed E-state index contributed by atoms with van der Waals surface area (Å²) in [6.45, 7) is 7.82. The van der Waals surface area contributed by atoms with Gasteiger partial charge in [-0.15, -0.1) is 0 Å². The Bertz CT molecular complexity index is 481. The Kier molecular flexibility index (Phi) is 5.73. The first-order valence-electron chi connectivity index (χ1n) is 7.54. The Morgan fingerprint density at radius 1 is 1.29 bits per heavy atom. The van der Waals surface area contributed by atoms with Crippen LogP contribution in [0, 0.1) is 5.92 Å². The van der Waals surface area contributed by atoms with Crippen LogP contribution in [-0.4, -0.2) is 25.9 Å². The highest BCUT2D eigenvalue weighted by molar-refractivity contribution is 6.31. The van der Waals surface area contributed by atoms with Crippen molar-refractivity contribution in [3.05, 3.63) is 22.7 Å². The van der Waals surface area contributed by atoms with Gasteiger partial charge in [-0.05, 0) is 38.8 Å². The van der Waals surface area contributed by atoms with Crippen LogP contribution in [-0.2, 0) is 4.74 Å². The lowest BCUT2D eigenvalue weighted by Crippen LogP contribution is -2.26. The Morgan fingerprint density at radius 3 is 2.43 bits per heavy atom. The minimum Gasteiger partial charge on any atom is -0.490 e. The van der Waals surface area contributed by atoms with E-state index in [9.17, 15) is 0 Å². The molecular formula is C16H24ClNO3. The van der Waals surface area contributed by atoms with Crippen LogP contribution >= 0.6 is 11.6 Å². The molecule has 118 valence electrons. The van der Waals surface area contributed by atoms with Gasteiger partial charge in [-0.1, -0.05) is 11.6 Å². The molecule has 1 saturated heterocycles. The molecule has 0 aromatic heterocycles. The highest BCUT2D eigenvalue weighted by Gasteiger charge is 2.32. The summed E-state index contributed by atoms with van der Waals surface area (Å²) < 4.78 is 16.8. The smallest absolute Gasteiger partial charge is 0.162 e. The quantitative estimate of drug-likeness (QED) is 0.872. The zero-order chi connectivity index (χ0) is 15.4. The van der Waals surface area contributed by atoms with E-state index >= 15 is 0 Å². The van der Waals surface area contributed by atoms with Crippen LogP contribution in [0.15, 0.2) is 12.1 Å². The van der Waals surface area contributed by atoms with Crippen molar-refractivity contribution in [3.8, 4) is 11.5 Å². The molecule has 0 spiro atoms.